The molecule has 1 aliphatic heterocycles. The van der Waals surface area contributed by atoms with Gasteiger partial charge in [0.25, 0.3) is 0 Å². The van der Waals surface area contributed by atoms with Gasteiger partial charge in [0.05, 0.1) is 24.3 Å². The summed E-state index contributed by atoms with van der Waals surface area (Å²) in [5, 5.41) is 6.49. The molecule has 6 nitrogen and oxygen atoms in total. The Hall–Kier alpha value is -3.19. The average Bonchev–Trinajstić information content (AvgIpc) is 2.71. The monoisotopic (exact) mass is 396 g/mol. The number of esters is 2. The third-order valence-corrected chi connectivity index (χ3v) is 4.59. The van der Waals surface area contributed by atoms with E-state index in [4.69, 9.17) is 21.7 Å². The number of rotatable bonds is 5. The van der Waals surface area contributed by atoms with Crippen molar-refractivity contribution in [2.75, 3.05) is 7.11 Å². The Balaban J connectivity index is 1.84. The minimum Gasteiger partial charge on any atom is -0.465 e. The van der Waals surface area contributed by atoms with Gasteiger partial charge < -0.3 is 20.1 Å². The zero-order valence-corrected chi connectivity index (χ0v) is 16.3. The lowest BCUT2D eigenvalue weighted by atomic mass is 9.95. The summed E-state index contributed by atoms with van der Waals surface area (Å²) in [5.74, 6) is -0.861. The molecule has 2 aromatic rings. The van der Waals surface area contributed by atoms with Crippen molar-refractivity contribution >= 4 is 29.3 Å². The second-order valence-electron chi connectivity index (χ2n) is 6.25. The molecule has 0 spiro atoms. The van der Waals surface area contributed by atoms with E-state index >= 15 is 0 Å². The molecule has 0 radical (unpaired) electrons. The summed E-state index contributed by atoms with van der Waals surface area (Å²) in [6.45, 7) is 1.96. The van der Waals surface area contributed by atoms with Crippen molar-refractivity contribution in [3.05, 3.63) is 82.6 Å². The van der Waals surface area contributed by atoms with Gasteiger partial charge in [0, 0.05) is 5.70 Å². The Morgan fingerprint density at radius 1 is 1.04 bits per heavy atom. The van der Waals surface area contributed by atoms with Crippen LogP contribution in [0.3, 0.4) is 0 Å². The van der Waals surface area contributed by atoms with Gasteiger partial charge in [-0.2, -0.15) is 0 Å². The molecule has 7 heteroatoms. The van der Waals surface area contributed by atoms with Crippen molar-refractivity contribution in [1.82, 2.24) is 10.6 Å². The Labute approximate surface area is 168 Å². The van der Waals surface area contributed by atoms with Crippen molar-refractivity contribution in [3.63, 3.8) is 0 Å². The summed E-state index contributed by atoms with van der Waals surface area (Å²) in [6, 6.07) is 15.8. The van der Waals surface area contributed by atoms with Crippen LogP contribution in [0.25, 0.3) is 0 Å². The van der Waals surface area contributed by atoms with Gasteiger partial charge in [-0.05, 0) is 42.4 Å². The molecule has 144 valence electrons. The van der Waals surface area contributed by atoms with Gasteiger partial charge in [0.15, 0.2) is 5.11 Å². The second kappa shape index (κ2) is 8.67. The fraction of sp³-hybridized carbons (Fsp3) is 0.190. The second-order valence-corrected chi connectivity index (χ2v) is 6.65. The van der Waals surface area contributed by atoms with Gasteiger partial charge in [-0.3, -0.25) is 0 Å². The zero-order chi connectivity index (χ0) is 20.1. The van der Waals surface area contributed by atoms with Crippen molar-refractivity contribution in [2.24, 2.45) is 0 Å². The highest BCUT2D eigenvalue weighted by molar-refractivity contribution is 7.80. The molecule has 3 rings (SSSR count). The van der Waals surface area contributed by atoms with Crippen molar-refractivity contribution in [1.29, 1.82) is 0 Å². The quantitative estimate of drug-likeness (QED) is 0.594. The normalized spacial score (nSPS) is 16.1. The highest BCUT2D eigenvalue weighted by Crippen LogP contribution is 2.28. The fourth-order valence-electron chi connectivity index (χ4n) is 2.94. The smallest absolute Gasteiger partial charge is 0.338 e. The summed E-state index contributed by atoms with van der Waals surface area (Å²) in [4.78, 5) is 24.5. The van der Waals surface area contributed by atoms with Crippen LogP contribution in [-0.2, 0) is 20.9 Å². The molecular formula is C21H20N2O4S. The molecule has 2 N–H and O–H groups in total. The average molecular weight is 396 g/mol. The van der Waals surface area contributed by atoms with E-state index < -0.39 is 18.0 Å². The van der Waals surface area contributed by atoms with E-state index in [1.54, 1.807) is 31.2 Å². The van der Waals surface area contributed by atoms with Crippen molar-refractivity contribution in [3.8, 4) is 0 Å². The molecule has 1 aliphatic rings. The summed E-state index contributed by atoms with van der Waals surface area (Å²) < 4.78 is 10.2. The van der Waals surface area contributed by atoms with Crippen LogP contribution in [0.4, 0.5) is 0 Å². The SMILES string of the molecule is COC(=O)c1ccc(C2NC(=S)NC(C)=C2C(=O)OCc2ccccc2)cc1. The lowest BCUT2D eigenvalue weighted by molar-refractivity contribution is -0.140. The maximum absolute atomic E-state index is 12.8. The first-order valence-electron chi connectivity index (χ1n) is 8.67. The van der Waals surface area contributed by atoms with Gasteiger partial charge in [0.2, 0.25) is 0 Å². The van der Waals surface area contributed by atoms with Gasteiger partial charge in [-0.25, -0.2) is 9.59 Å². The number of carbonyl (C=O) groups excluding carboxylic acids is 2. The molecule has 0 aromatic heterocycles. The Morgan fingerprint density at radius 3 is 2.36 bits per heavy atom. The van der Waals surface area contributed by atoms with Gasteiger partial charge in [-0.15, -0.1) is 0 Å². The summed E-state index contributed by atoms with van der Waals surface area (Å²) in [5.41, 5.74) is 3.18. The number of nitrogens with one attached hydrogen (secondary N) is 2. The number of hydrogen-bond acceptors (Lipinski definition) is 5. The maximum atomic E-state index is 12.8. The van der Waals surface area contributed by atoms with Crippen LogP contribution in [0.1, 0.15) is 34.5 Å². The molecular weight excluding hydrogens is 376 g/mol. The molecule has 1 heterocycles. The largest absolute Gasteiger partial charge is 0.465 e. The number of methoxy groups -OCH3 is 1. The molecule has 0 saturated heterocycles. The fourth-order valence-corrected chi connectivity index (χ4v) is 3.22. The Morgan fingerprint density at radius 2 is 1.71 bits per heavy atom. The van der Waals surface area contributed by atoms with Gasteiger partial charge in [-0.1, -0.05) is 42.5 Å². The lowest BCUT2D eigenvalue weighted by Gasteiger charge is -2.30. The molecule has 0 aliphatic carbocycles. The van der Waals surface area contributed by atoms with Crippen molar-refractivity contribution < 1.29 is 19.1 Å². The van der Waals surface area contributed by atoms with Crippen LogP contribution < -0.4 is 10.6 Å². The number of thiocarbonyl (C=S) groups is 1. The summed E-state index contributed by atoms with van der Waals surface area (Å²) in [6.07, 6.45) is 0. The minimum absolute atomic E-state index is 0.175. The highest BCUT2D eigenvalue weighted by Gasteiger charge is 2.31. The minimum atomic E-state index is -0.483. The van der Waals surface area contributed by atoms with E-state index in [0.29, 0.717) is 21.9 Å². The lowest BCUT2D eigenvalue weighted by Crippen LogP contribution is -2.45. The first-order valence-corrected chi connectivity index (χ1v) is 9.08. The number of hydrogen-bond donors (Lipinski definition) is 2. The van der Waals surface area contributed by atoms with E-state index in [9.17, 15) is 9.59 Å². The first kappa shape index (κ1) is 19.6. The van der Waals surface area contributed by atoms with E-state index in [-0.39, 0.29) is 6.61 Å². The molecule has 0 fully saturated rings. The Kier molecular flexibility index (Phi) is 6.06. The number of ether oxygens (including phenoxy) is 2. The third kappa shape index (κ3) is 4.37. The maximum Gasteiger partial charge on any atom is 0.338 e. The predicted octanol–water partition coefficient (Wildman–Crippen LogP) is 3.01. The van der Waals surface area contributed by atoms with E-state index in [1.807, 2.05) is 30.3 Å². The third-order valence-electron chi connectivity index (χ3n) is 4.37. The molecule has 2 aromatic carbocycles. The van der Waals surface area contributed by atoms with Crippen molar-refractivity contribution in [2.45, 2.75) is 19.6 Å². The number of carbonyl (C=O) groups is 2. The summed E-state index contributed by atoms with van der Waals surface area (Å²) >= 11 is 5.24. The molecule has 0 saturated carbocycles. The standard InChI is InChI=1S/C21H20N2O4S/c1-13-17(20(25)27-12-14-6-4-3-5-7-14)18(23-21(28)22-13)15-8-10-16(11-9-15)19(24)26-2/h3-11,18H,12H2,1-2H3,(H2,22,23,28). The number of allylic oxidation sites excluding steroid dienone is 1. The van der Waals surface area contributed by atoms with Crippen LogP contribution in [0.2, 0.25) is 0 Å². The zero-order valence-electron chi connectivity index (χ0n) is 15.5. The van der Waals surface area contributed by atoms with Crippen LogP contribution in [-0.4, -0.2) is 24.2 Å². The molecule has 0 bridgehead atoms. The van der Waals surface area contributed by atoms with Crippen LogP contribution in [0.15, 0.2) is 65.9 Å². The van der Waals surface area contributed by atoms with E-state index in [2.05, 4.69) is 10.6 Å². The predicted molar refractivity (Wildman–Crippen MR) is 108 cm³/mol. The molecule has 28 heavy (non-hydrogen) atoms. The molecule has 0 amide bonds. The van der Waals surface area contributed by atoms with Crippen LogP contribution in [0.5, 0.6) is 0 Å². The first-order chi connectivity index (χ1) is 13.5. The van der Waals surface area contributed by atoms with E-state index in [0.717, 1.165) is 11.1 Å². The summed E-state index contributed by atoms with van der Waals surface area (Å²) in [7, 11) is 1.33. The van der Waals surface area contributed by atoms with Crippen LogP contribution in [0, 0.1) is 0 Å². The highest BCUT2D eigenvalue weighted by atomic mass is 32.1. The van der Waals surface area contributed by atoms with E-state index in [1.165, 1.54) is 7.11 Å². The Bertz CT molecular complexity index is 923. The topological polar surface area (TPSA) is 76.7 Å². The van der Waals surface area contributed by atoms with Gasteiger partial charge >= 0.3 is 11.9 Å². The molecule has 1 unspecified atom stereocenters. The van der Waals surface area contributed by atoms with Crippen LogP contribution >= 0.6 is 12.2 Å². The van der Waals surface area contributed by atoms with Gasteiger partial charge in [0.1, 0.15) is 6.61 Å². The molecule has 1 atom stereocenters. The number of benzene rings is 2.